The van der Waals surface area contributed by atoms with Gasteiger partial charge in [0.05, 0.1) is 0 Å². The summed E-state index contributed by atoms with van der Waals surface area (Å²) in [7, 11) is 0. The predicted molar refractivity (Wildman–Crippen MR) is 71.9 cm³/mol. The fourth-order valence-corrected chi connectivity index (χ4v) is 1.94. The van der Waals surface area contributed by atoms with Crippen LogP contribution in [0.1, 0.15) is 22.3 Å². The summed E-state index contributed by atoms with van der Waals surface area (Å²) in [5, 5.41) is 4.59. The van der Waals surface area contributed by atoms with Gasteiger partial charge in [-0.05, 0) is 25.0 Å². The minimum absolute atomic E-state index is 0.801. The van der Waals surface area contributed by atoms with E-state index in [0.29, 0.717) is 0 Å². The molecule has 2 aromatic carbocycles. The smallest absolute Gasteiger partial charge is 0.0388 e. The third-order valence-electron chi connectivity index (χ3n) is 2.75. The topological polar surface area (TPSA) is 14.1 Å². The van der Waals surface area contributed by atoms with Crippen molar-refractivity contribution >= 4 is 0 Å². The lowest BCUT2D eigenvalue weighted by molar-refractivity contribution is 0.676. The molecular weight excluding hydrogens is 206 g/mol. The molecule has 87 valence electrons. The van der Waals surface area contributed by atoms with Gasteiger partial charge in [-0.25, -0.2) is 5.32 Å². The van der Waals surface area contributed by atoms with Crippen LogP contribution < -0.4 is 5.32 Å². The van der Waals surface area contributed by atoms with Crippen LogP contribution in [0, 0.1) is 13.8 Å². The highest BCUT2D eigenvalue weighted by Gasteiger charge is 1.96. The first-order valence-electron chi connectivity index (χ1n) is 5.98. The van der Waals surface area contributed by atoms with Crippen molar-refractivity contribution in [3.63, 3.8) is 0 Å². The Morgan fingerprint density at radius 2 is 1.24 bits per heavy atom. The van der Waals surface area contributed by atoms with Gasteiger partial charge in [0, 0.05) is 13.1 Å². The molecule has 0 fully saturated rings. The van der Waals surface area contributed by atoms with Crippen molar-refractivity contribution in [2.24, 2.45) is 0 Å². The normalized spacial score (nSPS) is 10.5. The van der Waals surface area contributed by atoms with Crippen molar-refractivity contribution in [2.45, 2.75) is 26.9 Å². The summed E-state index contributed by atoms with van der Waals surface area (Å²) in [5.41, 5.74) is 5.18. The van der Waals surface area contributed by atoms with E-state index in [9.17, 15) is 0 Å². The summed E-state index contributed by atoms with van der Waals surface area (Å²) in [6, 6.07) is 17.1. The van der Waals surface area contributed by atoms with Gasteiger partial charge in [-0.15, -0.1) is 0 Å². The molecule has 0 aliphatic carbocycles. The Morgan fingerprint density at radius 3 is 1.65 bits per heavy atom. The van der Waals surface area contributed by atoms with Gasteiger partial charge in [-0.3, -0.25) is 0 Å². The Hall–Kier alpha value is -1.60. The van der Waals surface area contributed by atoms with Gasteiger partial charge in [0.25, 0.3) is 0 Å². The highest BCUT2D eigenvalue weighted by molar-refractivity contribution is 5.23. The summed E-state index contributed by atoms with van der Waals surface area (Å²) in [5.74, 6) is 0. The van der Waals surface area contributed by atoms with Gasteiger partial charge in [-0.1, -0.05) is 59.7 Å². The molecule has 2 aromatic rings. The van der Waals surface area contributed by atoms with Crippen molar-refractivity contribution in [2.75, 3.05) is 0 Å². The fraction of sp³-hybridized carbons (Fsp3) is 0.250. The first-order chi connectivity index (χ1) is 8.24. The molecule has 0 amide bonds. The second-order valence-electron chi connectivity index (χ2n) is 4.52. The average molecular weight is 224 g/mol. The Kier molecular flexibility index (Phi) is 3.94. The van der Waals surface area contributed by atoms with E-state index in [1.54, 1.807) is 0 Å². The van der Waals surface area contributed by atoms with Crippen LogP contribution in [0.25, 0.3) is 0 Å². The highest BCUT2D eigenvalue weighted by Crippen LogP contribution is 2.06. The van der Waals surface area contributed by atoms with E-state index in [1.165, 1.54) is 22.3 Å². The lowest BCUT2D eigenvalue weighted by Crippen LogP contribution is -2.04. The third kappa shape index (κ3) is 3.72. The maximum absolute atomic E-state index is 4.59. The zero-order valence-electron chi connectivity index (χ0n) is 10.5. The molecule has 0 heterocycles. The van der Waals surface area contributed by atoms with Crippen LogP contribution in [0.2, 0.25) is 0 Å². The molecule has 0 atom stereocenters. The van der Waals surface area contributed by atoms with Crippen molar-refractivity contribution < 1.29 is 0 Å². The molecule has 2 rings (SSSR count). The summed E-state index contributed by atoms with van der Waals surface area (Å²) < 4.78 is 0. The lowest BCUT2D eigenvalue weighted by atomic mass is 10.1. The third-order valence-corrected chi connectivity index (χ3v) is 2.75. The van der Waals surface area contributed by atoms with Gasteiger partial charge in [-0.2, -0.15) is 0 Å². The molecule has 0 saturated carbocycles. The molecule has 0 unspecified atom stereocenters. The quantitative estimate of drug-likeness (QED) is 0.753. The van der Waals surface area contributed by atoms with Crippen LogP contribution in [0.3, 0.4) is 0 Å². The maximum Gasteiger partial charge on any atom is 0.0388 e. The average Bonchev–Trinajstić information content (AvgIpc) is 2.29. The number of nitrogens with zero attached hydrogens (tertiary/aromatic N) is 1. The highest BCUT2D eigenvalue weighted by atomic mass is 14.8. The monoisotopic (exact) mass is 224 g/mol. The minimum atomic E-state index is 0.801. The molecule has 0 N–H and O–H groups in total. The number of hydrogen-bond acceptors (Lipinski definition) is 0. The van der Waals surface area contributed by atoms with Crippen LogP contribution in [0.15, 0.2) is 48.5 Å². The Morgan fingerprint density at radius 1 is 0.765 bits per heavy atom. The summed E-state index contributed by atoms with van der Waals surface area (Å²) in [4.78, 5) is 0. The molecule has 0 aliphatic heterocycles. The Balaban J connectivity index is 1.87. The first kappa shape index (κ1) is 11.9. The van der Waals surface area contributed by atoms with E-state index in [1.807, 2.05) is 0 Å². The van der Waals surface area contributed by atoms with Gasteiger partial charge in [0.15, 0.2) is 0 Å². The van der Waals surface area contributed by atoms with Crippen LogP contribution in [-0.2, 0) is 13.1 Å². The van der Waals surface area contributed by atoms with E-state index in [-0.39, 0.29) is 0 Å². The van der Waals surface area contributed by atoms with E-state index in [2.05, 4.69) is 67.7 Å². The largest absolute Gasteiger partial charge is 0.232 e. The number of aryl methyl sites for hydroxylation is 2. The molecule has 0 spiro atoms. The van der Waals surface area contributed by atoms with Crippen LogP contribution in [0.5, 0.6) is 0 Å². The van der Waals surface area contributed by atoms with Crippen molar-refractivity contribution in [1.82, 2.24) is 5.32 Å². The number of hydrogen-bond donors (Lipinski definition) is 0. The van der Waals surface area contributed by atoms with Crippen molar-refractivity contribution in [3.05, 3.63) is 70.8 Å². The number of benzene rings is 2. The van der Waals surface area contributed by atoms with Gasteiger partial charge < -0.3 is 0 Å². The summed E-state index contributed by atoms with van der Waals surface area (Å²) >= 11 is 0. The molecule has 1 heteroatoms. The summed E-state index contributed by atoms with van der Waals surface area (Å²) in [6.07, 6.45) is 0. The van der Waals surface area contributed by atoms with Gasteiger partial charge >= 0.3 is 0 Å². The van der Waals surface area contributed by atoms with E-state index >= 15 is 0 Å². The molecule has 17 heavy (non-hydrogen) atoms. The molecule has 1 radical (unpaired) electrons. The van der Waals surface area contributed by atoms with E-state index in [0.717, 1.165) is 13.1 Å². The van der Waals surface area contributed by atoms with Crippen LogP contribution in [-0.4, -0.2) is 0 Å². The van der Waals surface area contributed by atoms with Gasteiger partial charge in [0.2, 0.25) is 0 Å². The van der Waals surface area contributed by atoms with Crippen LogP contribution >= 0.6 is 0 Å². The second kappa shape index (κ2) is 5.65. The molecule has 1 nitrogen and oxygen atoms in total. The second-order valence-corrected chi connectivity index (χ2v) is 4.52. The van der Waals surface area contributed by atoms with E-state index < -0.39 is 0 Å². The molecule has 0 aliphatic rings. The Bertz CT molecular complexity index is 443. The SMILES string of the molecule is Cc1cccc(C[N]Cc2cccc(C)c2)c1. The molecule has 0 aromatic heterocycles. The Labute approximate surface area is 103 Å². The zero-order chi connectivity index (χ0) is 12.1. The minimum Gasteiger partial charge on any atom is -0.232 e. The molecule has 0 saturated heterocycles. The summed E-state index contributed by atoms with van der Waals surface area (Å²) in [6.45, 7) is 5.83. The van der Waals surface area contributed by atoms with Crippen molar-refractivity contribution in [3.8, 4) is 0 Å². The van der Waals surface area contributed by atoms with E-state index in [4.69, 9.17) is 0 Å². The molecule has 0 bridgehead atoms. The molecular formula is C16H18N. The zero-order valence-corrected chi connectivity index (χ0v) is 10.5. The maximum atomic E-state index is 4.59. The number of rotatable bonds is 4. The fourth-order valence-electron chi connectivity index (χ4n) is 1.94. The standard InChI is InChI=1S/C16H18N/c1-13-5-3-7-15(9-13)11-17-12-16-8-4-6-14(2)10-16/h3-10H,11-12H2,1-2H3. The van der Waals surface area contributed by atoms with Gasteiger partial charge in [0.1, 0.15) is 0 Å². The van der Waals surface area contributed by atoms with Crippen LogP contribution in [0.4, 0.5) is 0 Å². The predicted octanol–water partition coefficient (Wildman–Crippen LogP) is 3.61. The van der Waals surface area contributed by atoms with Crippen molar-refractivity contribution in [1.29, 1.82) is 0 Å². The lowest BCUT2D eigenvalue weighted by Gasteiger charge is -2.04. The first-order valence-corrected chi connectivity index (χ1v) is 5.98.